The zero-order chi connectivity index (χ0) is 24.9. The van der Waals surface area contributed by atoms with Gasteiger partial charge in [0, 0.05) is 35.6 Å². The minimum Gasteiger partial charge on any atom is -0.472 e. The molecule has 1 aromatic carbocycles. The zero-order valence-corrected chi connectivity index (χ0v) is 19.3. The van der Waals surface area contributed by atoms with Crippen LogP contribution in [0.5, 0.6) is 0 Å². The molecule has 2 amide bonds. The average Bonchev–Trinajstić information content (AvgIpc) is 3.37. The highest BCUT2D eigenvalue weighted by Crippen LogP contribution is 2.31. The van der Waals surface area contributed by atoms with Crippen LogP contribution in [0, 0.1) is 18.2 Å². The molecule has 0 spiro atoms. The Hall–Kier alpha value is -4.19. The van der Waals surface area contributed by atoms with E-state index in [4.69, 9.17) is 34.0 Å². The number of pyridine rings is 2. The molecule has 2 N–H and O–H groups in total. The summed E-state index contributed by atoms with van der Waals surface area (Å²) in [6.07, 6.45) is 12.6. The number of terminal acetylenes is 1. The van der Waals surface area contributed by atoms with Crippen LogP contribution in [-0.2, 0) is 6.54 Å². The van der Waals surface area contributed by atoms with E-state index in [0.717, 1.165) is 11.6 Å². The van der Waals surface area contributed by atoms with Gasteiger partial charge in [-0.3, -0.25) is 14.6 Å². The number of rotatable bonds is 6. The van der Waals surface area contributed by atoms with E-state index in [1.165, 1.54) is 43.2 Å². The smallest absolute Gasteiger partial charge is 0.271 e. The van der Waals surface area contributed by atoms with Crippen LogP contribution in [0.15, 0.2) is 65.9 Å². The fourth-order valence-corrected chi connectivity index (χ4v) is 3.70. The van der Waals surface area contributed by atoms with Gasteiger partial charge < -0.3 is 15.1 Å². The predicted octanol–water partition coefficient (Wildman–Crippen LogP) is 5.35. The minimum atomic E-state index is -0.692. The third-order valence-electron chi connectivity index (χ3n) is 4.92. The van der Waals surface area contributed by atoms with E-state index in [2.05, 4.69) is 26.5 Å². The lowest BCUT2D eigenvalue weighted by Gasteiger charge is -2.12. The van der Waals surface area contributed by atoms with Crippen LogP contribution in [0.3, 0.4) is 0 Å². The number of anilines is 1. The van der Waals surface area contributed by atoms with Gasteiger partial charge in [-0.05, 0) is 30.3 Å². The molecule has 35 heavy (non-hydrogen) atoms. The number of aromatic nitrogens is 2. The van der Waals surface area contributed by atoms with Crippen LogP contribution in [0.2, 0.25) is 10.0 Å². The first-order valence-electron chi connectivity index (χ1n) is 10.0. The number of carbonyl (C=O) groups excluding carboxylic acids is 2. The average molecular weight is 509 g/mol. The molecule has 3 aromatic heterocycles. The van der Waals surface area contributed by atoms with Gasteiger partial charge in [0.15, 0.2) is 0 Å². The van der Waals surface area contributed by atoms with E-state index in [9.17, 15) is 14.0 Å². The first kappa shape index (κ1) is 24.0. The molecule has 0 saturated heterocycles. The largest absolute Gasteiger partial charge is 0.472 e. The van der Waals surface area contributed by atoms with Crippen molar-refractivity contribution in [1.29, 1.82) is 0 Å². The zero-order valence-electron chi connectivity index (χ0n) is 17.8. The number of amides is 2. The Labute approximate surface area is 209 Å². The molecule has 7 nitrogen and oxygen atoms in total. The quantitative estimate of drug-likeness (QED) is 0.342. The molecule has 4 rings (SSSR count). The highest BCUT2D eigenvalue weighted by molar-refractivity contribution is 6.35. The van der Waals surface area contributed by atoms with Crippen LogP contribution in [0.4, 0.5) is 10.1 Å². The Morgan fingerprint density at radius 3 is 2.63 bits per heavy atom. The summed E-state index contributed by atoms with van der Waals surface area (Å²) in [5.74, 6) is 0.553. The van der Waals surface area contributed by atoms with Gasteiger partial charge in [0.05, 0.1) is 45.6 Å². The van der Waals surface area contributed by atoms with Gasteiger partial charge in [-0.15, -0.1) is 6.42 Å². The van der Waals surface area contributed by atoms with Crippen LogP contribution in [0.25, 0.3) is 11.1 Å². The maximum atomic E-state index is 14.9. The Kier molecular flexibility index (Phi) is 7.11. The summed E-state index contributed by atoms with van der Waals surface area (Å²) in [7, 11) is 0. The van der Waals surface area contributed by atoms with Crippen molar-refractivity contribution >= 4 is 40.7 Å². The van der Waals surface area contributed by atoms with Crippen molar-refractivity contribution in [1.82, 2.24) is 15.3 Å². The van der Waals surface area contributed by atoms with E-state index < -0.39 is 17.6 Å². The molecule has 0 aliphatic heterocycles. The molecule has 0 saturated carbocycles. The second-order valence-electron chi connectivity index (χ2n) is 7.20. The van der Waals surface area contributed by atoms with Crippen molar-refractivity contribution < 1.29 is 18.4 Å². The molecular weight excluding hydrogens is 494 g/mol. The van der Waals surface area contributed by atoms with Crippen molar-refractivity contribution in [2.45, 2.75) is 6.54 Å². The molecule has 0 aliphatic carbocycles. The molecule has 3 heterocycles. The van der Waals surface area contributed by atoms with Gasteiger partial charge in [-0.1, -0.05) is 29.1 Å². The van der Waals surface area contributed by atoms with Crippen LogP contribution in [0.1, 0.15) is 32.0 Å². The summed E-state index contributed by atoms with van der Waals surface area (Å²) in [4.78, 5) is 33.0. The summed E-state index contributed by atoms with van der Waals surface area (Å²) in [6.45, 7) is 0.230. The molecule has 10 heteroatoms. The lowest BCUT2D eigenvalue weighted by molar-refractivity contribution is 0.0945. The third kappa shape index (κ3) is 5.32. The number of carbonyl (C=O) groups is 2. The van der Waals surface area contributed by atoms with Crippen molar-refractivity contribution in [2.24, 2.45) is 0 Å². The summed E-state index contributed by atoms with van der Waals surface area (Å²) >= 11 is 12.5. The van der Waals surface area contributed by atoms with Crippen molar-refractivity contribution in [2.75, 3.05) is 5.32 Å². The summed E-state index contributed by atoms with van der Waals surface area (Å²) < 4.78 is 19.8. The number of halogens is 3. The van der Waals surface area contributed by atoms with Crippen LogP contribution in [-0.4, -0.2) is 21.8 Å². The Bertz CT molecular complexity index is 1470. The summed E-state index contributed by atoms with van der Waals surface area (Å²) in [6, 6.07) is 6.96. The first-order valence-corrected chi connectivity index (χ1v) is 10.8. The monoisotopic (exact) mass is 508 g/mol. The molecular formula is C25H15Cl2FN4O3. The first-order chi connectivity index (χ1) is 16.9. The maximum Gasteiger partial charge on any atom is 0.271 e. The van der Waals surface area contributed by atoms with Gasteiger partial charge in [-0.25, -0.2) is 9.37 Å². The fraction of sp³-hybridized carbons (Fsp3) is 0.0400. The summed E-state index contributed by atoms with van der Waals surface area (Å²) in [5.41, 5.74) is 1.77. The Balaban J connectivity index is 1.50. The number of hydrogen-bond donors (Lipinski definition) is 2. The van der Waals surface area contributed by atoms with E-state index >= 15 is 0 Å². The van der Waals surface area contributed by atoms with E-state index in [1.807, 2.05) is 0 Å². The van der Waals surface area contributed by atoms with E-state index in [-0.39, 0.29) is 39.1 Å². The van der Waals surface area contributed by atoms with Gasteiger partial charge in [-0.2, -0.15) is 0 Å². The number of furan rings is 1. The highest BCUT2D eigenvalue weighted by Gasteiger charge is 2.19. The second-order valence-corrected chi connectivity index (χ2v) is 8.01. The predicted molar refractivity (Wildman–Crippen MR) is 130 cm³/mol. The van der Waals surface area contributed by atoms with Crippen LogP contribution < -0.4 is 10.6 Å². The molecule has 0 atom stereocenters. The Morgan fingerprint density at radius 2 is 1.91 bits per heavy atom. The normalized spacial score (nSPS) is 10.5. The highest BCUT2D eigenvalue weighted by atomic mass is 35.5. The van der Waals surface area contributed by atoms with Gasteiger partial charge in [0.25, 0.3) is 11.8 Å². The second kappa shape index (κ2) is 10.4. The number of nitrogens with one attached hydrogen (secondary N) is 2. The number of benzene rings is 1. The molecule has 0 aliphatic rings. The third-order valence-corrected chi connectivity index (χ3v) is 5.52. The number of nitrogens with zero attached hydrogens (tertiary/aromatic N) is 2. The van der Waals surface area contributed by atoms with Crippen molar-refractivity contribution in [3.63, 3.8) is 0 Å². The SMILES string of the molecule is C#Cc1cnccc1-c1cc(Cl)c(C(=O)Nc2cnc(C(=O)NCc3ccoc3)c(Cl)c2)cc1F. The number of hydrogen-bond acceptors (Lipinski definition) is 5. The van der Waals surface area contributed by atoms with E-state index in [0.29, 0.717) is 11.1 Å². The topological polar surface area (TPSA) is 97.1 Å². The van der Waals surface area contributed by atoms with Gasteiger partial charge in [0.1, 0.15) is 11.5 Å². The molecule has 4 aromatic rings. The maximum absolute atomic E-state index is 14.9. The lowest BCUT2D eigenvalue weighted by atomic mass is 10.00. The van der Waals surface area contributed by atoms with Gasteiger partial charge in [0.2, 0.25) is 0 Å². The van der Waals surface area contributed by atoms with Crippen molar-refractivity contribution in [3.05, 3.63) is 99.7 Å². The molecule has 174 valence electrons. The van der Waals surface area contributed by atoms with E-state index in [1.54, 1.807) is 12.1 Å². The van der Waals surface area contributed by atoms with Crippen LogP contribution >= 0.6 is 23.2 Å². The molecule has 0 bridgehead atoms. The van der Waals surface area contributed by atoms with Crippen molar-refractivity contribution in [3.8, 4) is 23.5 Å². The lowest BCUT2D eigenvalue weighted by Crippen LogP contribution is -2.24. The molecule has 0 unspecified atom stereocenters. The standard InChI is InChI=1S/C25H15Cl2FN4O3/c1-2-15-11-29-5-3-17(15)18-8-20(26)19(9-22(18)28)24(33)32-16-7-21(27)23(30-12-16)25(34)31-10-14-4-6-35-13-14/h1,3-9,11-13H,10H2,(H,31,34)(H,32,33). The minimum absolute atomic E-state index is 0.00739. The fourth-order valence-electron chi connectivity index (χ4n) is 3.20. The Morgan fingerprint density at radius 1 is 1.09 bits per heavy atom. The van der Waals surface area contributed by atoms with Gasteiger partial charge >= 0.3 is 0 Å². The molecule has 0 fully saturated rings. The molecule has 0 radical (unpaired) electrons. The summed E-state index contributed by atoms with van der Waals surface area (Å²) in [5, 5.41) is 5.23.